The Bertz CT molecular complexity index is 1800. The van der Waals surface area contributed by atoms with E-state index in [1.54, 1.807) is 66.7 Å². The Balaban J connectivity index is 1.62. The first-order chi connectivity index (χ1) is 22.9. The van der Waals surface area contributed by atoms with Crippen molar-refractivity contribution < 1.29 is 32.9 Å². The summed E-state index contributed by atoms with van der Waals surface area (Å²) in [6, 6.07) is 24.3. The molecule has 0 saturated heterocycles. The number of azide groups is 1. The monoisotopic (exact) mass is 641 g/mol. The number of hydrogen-bond donors (Lipinski definition) is 2. The fourth-order valence-corrected chi connectivity index (χ4v) is 5.38. The lowest BCUT2D eigenvalue weighted by molar-refractivity contribution is -0.129. The number of nitrogens with zero attached hydrogens (tertiary/aromatic N) is 4. The maximum atomic E-state index is 14.6. The number of carbonyl (C=O) groups excluding carboxylic acids is 1. The van der Waals surface area contributed by atoms with E-state index in [1.165, 1.54) is 7.11 Å². The third kappa shape index (κ3) is 7.69. The van der Waals surface area contributed by atoms with E-state index in [1.807, 2.05) is 6.07 Å². The van der Waals surface area contributed by atoms with Crippen LogP contribution in [0.1, 0.15) is 40.3 Å². The van der Waals surface area contributed by atoms with Crippen LogP contribution in [0.2, 0.25) is 0 Å². The summed E-state index contributed by atoms with van der Waals surface area (Å²) in [6.45, 7) is 0.0873. The number of aliphatic imine (C=N–C) groups is 1. The number of aliphatic hydroxyl groups excluding tert-OH is 1. The molecule has 0 bridgehead atoms. The van der Waals surface area contributed by atoms with Crippen LogP contribution in [-0.2, 0) is 29.0 Å². The summed E-state index contributed by atoms with van der Waals surface area (Å²) in [4.78, 5) is 22.4. The average molecular weight is 642 g/mol. The SMILES string of the molecule is COc1cccc([C@H]2OC(c3ccc(OCCCO)cc3)=N[C@@]2(Cc2ccccc2CN=[N+]=[N-])C(=O)NCc2cc(F)ccc2F)c1. The molecule has 1 aliphatic rings. The van der Waals surface area contributed by atoms with E-state index in [0.29, 0.717) is 46.8 Å². The van der Waals surface area contributed by atoms with Gasteiger partial charge in [-0.05, 0) is 76.8 Å². The summed E-state index contributed by atoms with van der Waals surface area (Å²) >= 11 is 0. The van der Waals surface area contributed by atoms with Gasteiger partial charge in [-0.25, -0.2) is 13.8 Å². The van der Waals surface area contributed by atoms with Crippen molar-refractivity contribution in [3.63, 3.8) is 0 Å². The lowest BCUT2D eigenvalue weighted by atomic mass is 9.80. The molecular weight excluding hydrogens is 608 g/mol. The van der Waals surface area contributed by atoms with Crippen LogP contribution in [-0.4, -0.2) is 42.8 Å². The first-order valence-electron chi connectivity index (χ1n) is 14.9. The second-order valence-electron chi connectivity index (χ2n) is 10.8. The van der Waals surface area contributed by atoms with Crippen LogP contribution in [0.4, 0.5) is 8.78 Å². The van der Waals surface area contributed by atoms with Crippen LogP contribution in [0.3, 0.4) is 0 Å². The van der Waals surface area contributed by atoms with Gasteiger partial charge >= 0.3 is 0 Å². The average Bonchev–Trinajstić information content (AvgIpc) is 3.49. The molecule has 0 aliphatic carbocycles. The highest BCUT2D eigenvalue weighted by atomic mass is 19.1. The molecule has 47 heavy (non-hydrogen) atoms. The van der Waals surface area contributed by atoms with Crippen molar-refractivity contribution in [3.8, 4) is 11.5 Å². The van der Waals surface area contributed by atoms with Crippen LogP contribution in [0.5, 0.6) is 11.5 Å². The summed E-state index contributed by atoms with van der Waals surface area (Å²) in [5.74, 6) is -0.606. The van der Waals surface area contributed by atoms with Crippen LogP contribution < -0.4 is 14.8 Å². The largest absolute Gasteiger partial charge is 0.497 e. The highest BCUT2D eigenvalue weighted by molar-refractivity contribution is 6.01. The molecule has 4 aromatic carbocycles. The number of rotatable bonds is 14. The van der Waals surface area contributed by atoms with E-state index in [4.69, 9.17) is 29.8 Å². The maximum absolute atomic E-state index is 14.6. The lowest BCUT2D eigenvalue weighted by Crippen LogP contribution is -2.50. The summed E-state index contributed by atoms with van der Waals surface area (Å²) in [5, 5.41) is 15.6. The molecule has 1 aliphatic heterocycles. The van der Waals surface area contributed by atoms with Gasteiger partial charge < -0.3 is 24.6 Å². The molecule has 0 saturated carbocycles. The summed E-state index contributed by atoms with van der Waals surface area (Å²) < 4.78 is 46.3. The zero-order valence-electron chi connectivity index (χ0n) is 25.6. The topological polar surface area (TPSA) is 138 Å². The normalized spacial score (nSPS) is 16.9. The Morgan fingerprint density at radius 1 is 1.02 bits per heavy atom. The van der Waals surface area contributed by atoms with Crippen molar-refractivity contribution in [3.05, 3.63) is 141 Å². The van der Waals surface area contributed by atoms with Gasteiger partial charge in [0.1, 0.15) is 23.1 Å². The zero-order valence-corrected chi connectivity index (χ0v) is 25.6. The quantitative estimate of drug-likeness (QED) is 0.0714. The molecule has 242 valence electrons. The van der Waals surface area contributed by atoms with Crippen molar-refractivity contribution >= 4 is 11.8 Å². The molecule has 2 N–H and O–H groups in total. The Hall–Kier alpha value is -5.45. The van der Waals surface area contributed by atoms with Crippen LogP contribution in [0.25, 0.3) is 10.4 Å². The molecule has 12 heteroatoms. The van der Waals surface area contributed by atoms with E-state index in [0.717, 1.165) is 18.2 Å². The molecule has 0 fully saturated rings. The number of methoxy groups -OCH3 is 1. The zero-order chi connectivity index (χ0) is 33.2. The number of ether oxygens (including phenoxy) is 3. The number of nitrogens with one attached hydrogen (secondary N) is 1. The second-order valence-corrected chi connectivity index (χ2v) is 10.8. The van der Waals surface area contributed by atoms with Crippen LogP contribution in [0, 0.1) is 11.6 Å². The molecule has 2 atom stereocenters. The van der Waals surface area contributed by atoms with E-state index in [2.05, 4.69) is 15.3 Å². The number of amides is 1. The first kappa shape index (κ1) is 32.9. The number of halogens is 2. The second kappa shape index (κ2) is 15.2. The van der Waals surface area contributed by atoms with Crippen molar-refractivity contribution in [1.29, 1.82) is 0 Å². The van der Waals surface area contributed by atoms with Gasteiger partial charge in [-0.3, -0.25) is 4.79 Å². The molecule has 0 radical (unpaired) electrons. The molecule has 4 aromatic rings. The number of benzene rings is 4. The van der Waals surface area contributed by atoms with Gasteiger partial charge in [0.25, 0.3) is 5.91 Å². The van der Waals surface area contributed by atoms with E-state index >= 15 is 0 Å². The lowest BCUT2D eigenvalue weighted by Gasteiger charge is -2.31. The molecular formula is C35H33F2N5O5. The Morgan fingerprint density at radius 3 is 2.55 bits per heavy atom. The fraction of sp³-hybridized carbons (Fsp3) is 0.257. The maximum Gasteiger partial charge on any atom is 0.252 e. The number of carbonyl (C=O) groups is 1. The number of aliphatic hydroxyl groups is 1. The van der Waals surface area contributed by atoms with Gasteiger partial charge in [0.15, 0.2) is 11.6 Å². The predicted molar refractivity (Wildman–Crippen MR) is 171 cm³/mol. The Morgan fingerprint density at radius 2 is 1.81 bits per heavy atom. The summed E-state index contributed by atoms with van der Waals surface area (Å²) in [7, 11) is 1.53. The minimum Gasteiger partial charge on any atom is -0.497 e. The highest BCUT2D eigenvalue weighted by Gasteiger charge is 2.53. The highest BCUT2D eigenvalue weighted by Crippen LogP contribution is 2.44. The third-order valence-electron chi connectivity index (χ3n) is 7.76. The van der Waals surface area contributed by atoms with Crippen molar-refractivity contribution in [2.24, 2.45) is 10.1 Å². The molecule has 10 nitrogen and oxygen atoms in total. The molecule has 0 spiro atoms. The standard InChI is InChI=1S/C35H33F2N5O5/c1-45-30-9-4-8-24(19-30)32-35(20-25-6-2-3-7-26(25)22-40-42-38,34(44)39-21-27-18-28(36)12-15-31(27)37)41-33(47-32)23-10-13-29(14-11-23)46-17-5-16-43/h2-4,6-15,18-19,32,43H,5,16-17,20-22H2,1H3,(H,39,44)/t32-,35-/m1/s1. The molecule has 5 rings (SSSR count). The van der Waals surface area contributed by atoms with Gasteiger partial charge in [-0.1, -0.05) is 41.5 Å². The van der Waals surface area contributed by atoms with Gasteiger partial charge in [-0.15, -0.1) is 0 Å². The molecule has 1 amide bonds. The van der Waals surface area contributed by atoms with E-state index < -0.39 is 29.2 Å². The van der Waals surface area contributed by atoms with Gasteiger partial charge in [0.05, 0.1) is 20.3 Å². The predicted octanol–water partition coefficient (Wildman–Crippen LogP) is 6.36. The third-order valence-corrected chi connectivity index (χ3v) is 7.76. The van der Waals surface area contributed by atoms with Gasteiger partial charge in [0, 0.05) is 42.0 Å². The van der Waals surface area contributed by atoms with Crippen molar-refractivity contribution in [2.45, 2.75) is 37.6 Å². The van der Waals surface area contributed by atoms with Crippen molar-refractivity contribution in [2.75, 3.05) is 20.3 Å². The summed E-state index contributed by atoms with van der Waals surface area (Å²) in [6.07, 6.45) is -0.495. The Labute approximate surface area is 270 Å². The molecule has 1 heterocycles. The fourth-order valence-electron chi connectivity index (χ4n) is 5.38. The van der Waals surface area contributed by atoms with Crippen LogP contribution >= 0.6 is 0 Å². The molecule has 0 aromatic heterocycles. The minimum atomic E-state index is -1.66. The minimum absolute atomic E-state index is 0.00925. The number of hydrogen-bond acceptors (Lipinski definition) is 7. The van der Waals surface area contributed by atoms with Crippen LogP contribution in [0.15, 0.2) is 101 Å². The summed E-state index contributed by atoms with van der Waals surface area (Å²) in [5.41, 5.74) is 9.84. The van der Waals surface area contributed by atoms with Crippen molar-refractivity contribution in [1.82, 2.24) is 5.32 Å². The van der Waals surface area contributed by atoms with Gasteiger partial charge in [0.2, 0.25) is 5.90 Å². The Kier molecular flexibility index (Phi) is 10.7. The smallest absolute Gasteiger partial charge is 0.252 e. The molecule has 0 unspecified atom stereocenters. The van der Waals surface area contributed by atoms with E-state index in [9.17, 15) is 13.6 Å². The van der Waals surface area contributed by atoms with E-state index in [-0.39, 0.29) is 37.6 Å². The van der Waals surface area contributed by atoms with Gasteiger partial charge in [-0.2, -0.15) is 0 Å². The first-order valence-corrected chi connectivity index (χ1v) is 14.9.